The average Bonchev–Trinajstić information content (AvgIpc) is 3.97. The summed E-state index contributed by atoms with van der Waals surface area (Å²) >= 11 is 1.82. The maximum Gasteiger partial charge on any atom is 0.166 e. The molecule has 0 aliphatic heterocycles. The van der Waals surface area contributed by atoms with E-state index >= 15 is 0 Å². The second kappa shape index (κ2) is 16.5. The first-order valence-corrected chi connectivity index (χ1v) is 23.6. The number of thiophene rings is 1. The second-order valence-electron chi connectivity index (χ2n) is 17.0. The van der Waals surface area contributed by atoms with E-state index in [1.807, 2.05) is 78.2 Å². The van der Waals surface area contributed by atoms with E-state index in [0.717, 1.165) is 55.9 Å². The van der Waals surface area contributed by atoms with Crippen LogP contribution in [0.15, 0.2) is 237 Å². The molecule has 0 amide bonds. The molecule has 4 aromatic heterocycles. The minimum atomic E-state index is 0.554. The largest absolute Gasteiger partial charge is 0.309 e. The average molecular weight is 886 g/mol. The van der Waals surface area contributed by atoms with Crippen LogP contribution < -0.4 is 0 Å². The zero-order valence-electron chi connectivity index (χ0n) is 36.7. The Hall–Kier alpha value is -8.84. The summed E-state index contributed by atoms with van der Waals surface area (Å²) in [6.07, 6.45) is 2.00. The molecule has 4 heterocycles. The number of nitrogens with zero attached hydrogens (tertiary/aromatic N) is 5. The highest BCUT2D eigenvalue weighted by Crippen LogP contribution is 2.45. The van der Waals surface area contributed by atoms with Crippen molar-refractivity contribution in [1.29, 1.82) is 0 Å². The van der Waals surface area contributed by atoms with E-state index in [0.29, 0.717) is 17.5 Å². The molecule has 0 bridgehead atoms. The fourth-order valence-corrected chi connectivity index (χ4v) is 10.9. The van der Waals surface area contributed by atoms with Crippen LogP contribution in [0.3, 0.4) is 0 Å². The summed E-state index contributed by atoms with van der Waals surface area (Å²) in [6.45, 7) is 0. The molecule has 9 aromatic carbocycles. The Balaban J connectivity index is 1.03. The topological polar surface area (TPSA) is 56.5 Å². The monoisotopic (exact) mass is 885 g/mol. The van der Waals surface area contributed by atoms with Gasteiger partial charge >= 0.3 is 0 Å². The number of benzene rings is 9. The molecule has 0 fully saturated rings. The van der Waals surface area contributed by atoms with Gasteiger partial charge in [-0.05, 0) is 76.3 Å². The molecule has 68 heavy (non-hydrogen) atoms. The van der Waals surface area contributed by atoms with Gasteiger partial charge in [0.2, 0.25) is 0 Å². The van der Waals surface area contributed by atoms with Gasteiger partial charge in [-0.2, -0.15) is 0 Å². The quantitative estimate of drug-likeness (QED) is 0.153. The van der Waals surface area contributed by atoms with Crippen LogP contribution in [0.1, 0.15) is 0 Å². The Morgan fingerprint density at radius 3 is 1.56 bits per heavy atom. The third kappa shape index (κ3) is 6.86. The summed E-state index contributed by atoms with van der Waals surface area (Å²) in [6, 6.07) is 81.2. The van der Waals surface area contributed by atoms with Gasteiger partial charge in [0.05, 0.1) is 16.7 Å². The normalized spacial score (nSPS) is 11.5. The highest BCUT2D eigenvalue weighted by Gasteiger charge is 2.22. The summed E-state index contributed by atoms with van der Waals surface area (Å²) < 4.78 is 4.82. The van der Waals surface area contributed by atoms with Crippen molar-refractivity contribution in [3.05, 3.63) is 237 Å². The van der Waals surface area contributed by atoms with Gasteiger partial charge in [-0.25, -0.2) is 15.0 Å². The predicted octanol–water partition coefficient (Wildman–Crippen LogP) is 16.4. The molecular formula is C62H39N5S. The molecule has 0 aliphatic rings. The fraction of sp³-hybridized carbons (Fsp3) is 0. The second-order valence-corrected chi connectivity index (χ2v) is 18.1. The molecule has 318 valence electrons. The summed E-state index contributed by atoms with van der Waals surface area (Å²) in [5.41, 5.74) is 14.6. The molecule has 13 aromatic rings. The van der Waals surface area contributed by atoms with Gasteiger partial charge in [0.15, 0.2) is 17.5 Å². The van der Waals surface area contributed by atoms with Crippen LogP contribution in [0.5, 0.6) is 0 Å². The van der Waals surface area contributed by atoms with E-state index in [4.69, 9.17) is 19.9 Å². The van der Waals surface area contributed by atoms with Crippen molar-refractivity contribution >= 4 is 53.3 Å². The Bertz CT molecular complexity index is 3940. The smallest absolute Gasteiger partial charge is 0.166 e. The van der Waals surface area contributed by atoms with Gasteiger partial charge in [0.1, 0.15) is 0 Å². The Labute approximate surface area is 397 Å². The Morgan fingerprint density at radius 1 is 0.324 bits per heavy atom. The Kier molecular flexibility index (Phi) is 9.62. The number of aromatic nitrogens is 5. The van der Waals surface area contributed by atoms with Gasteiger partial charge in [0, 0.05) is 70.6 Å². The maximum absolute atomic E-state index is 5.38. The minimum Gasteiger partial charge on any atom is -0.309 e. The predicted molar refractivity (Wildman–Crippen MR) is 283 cm³/mol. The van der Waals surface area contributed by atoms with Crippen LogP contribution in [-0.4, -0.2) is 24.5 Å². The SMILES string of the molecule is c1ccc(-c2nc(-c3ccccc3)nc(-c3cc(-c4ccc(-c5ccccc5)c(-c5ccccc5)c4)cnc3-c3ccc4c(c3)sc3ccc5c(c6ccccc6n5-c5ccccc5)c34)n2)cc1. The highest BCUT2D eigenvalue weighted by molar-refractivity contribution is 7.26. The molecule has 0 aliphatic carbocycles. The zero-order chi connectivity index (χ0) is 45.0. The van der Waals surface area contributed by atoms with Crippen molar-refractivity contribution in [3.63, 3.8) is 0 Å². The van der Waals surface area contributed by atoms with Crippen LogP contribution in [0, 0.1) is 0 Å². The number of fused-ring (bicyclic) bond motifs is 7. The lowest BCUT2D eigenvalue weighted by Crippen LogP contribution is -2.02. The first-order chi connectivity index (χ1) is 33.7. The van der Waals surface area contributed by atoms with Crippen LogP contribution >= 0.6 is 11.3 Å². The van der Waals surface area contributed by atoms with Crippen LogP contribution in [-0.2, 0) is 0 Å². The van der Waals surface area contributed by atoms with Gasteiger partial charge in [-0.1, -0.05) is 182 Å². The van der Waals surface area contributed by atoms with Gasteiger partial charge in [-0.3, -0.25) is 4.98 Å². The van der Waals surface area contributed by atoms with E-state index in [9.17, 15) is 0 Å². The number of pyridine rings is 1. The number of para-hydroxylation sites is 2. The standard InChI is InChI=1S/C62H39N5S/c1-6-18-40(19-7-1)48-32-30-44(36-51(48)41-20-8-2-9-21-41)46-37-52(62-65-60(42-22-10-3-11-23-42)64-61(66-62)43-24-12-4-13-25-43)59(63-39-46)45-31-33-50-56(38-45)68-55-35-34-54-57(58(50)55)49-28-16-17-29-53(49)67(54)47-26-14-5-15-27-47/h1-39H. The van der Waals surface area contributed by atoms with Crippen molar-refractivity contribution < 1.29 is 0 Å². The highest BCUT2D eigenvalue weighted by atomic mass is 32.1. The molecule has 0 unspecified atom stereocenters. The molecule has 0 saturated heterocycles. The van der Waals surface area contributed by atoms with Gasteiger partial charge in [0.25, 0.3) is 0 Å². The van der Waals surface area contributed by atoms with Crippen LogP contribution in [0.4, 0.5) is 0 Å². The van der Waals surface area contributed by atoms with Crippen molar-refractivity contribution in [2.75, 3.05) is 0 Å². The van der Waals surface area contributed by atoms with E-state index in [1.54, 1.807) is 0 Å². The number of rotatable bonds is 8. The summed E-state index contributed by atoms with van der Waals surface area (Å²) in [5, 5.41) is 5.00. The van der Waals surface area contributed by atoms with E-state index < -0.39 is 0 Å². The first kappa shape index (κ1) is 39.5. The van der Waals surface area contributed by atoms with E-state index in [1.165, 1.54) is 53.1 Å². The third-order valence-corrected chi connectivity index (χ3v) is 14.0. The molecular weight excluding hydrogens is 847 g/mol. The van der Waals surface area contributed by atoms with Crippen molar-refractivity contribution in [2.45, 2.75) is 0 Å². The lowest BCUT2D eigenvalue weighted by molar-refractivity contribution is 1.07. The molecule has 0 N–H and O–H groups in total. The minimum absolute atomic E-state index is 0.554. The molecule has 0 radical (unpaired) electrons. The number of hydrogen-bond acceptors (Lipinski definition) is 5. The van der Waals surface area contributed by atoms with Crippen molar-refractivity contribution in [2.24, 2.45) is 0 Å². The lowest BCUT2D eigenvalue weighted by Gasteiger charge is -2.15. The van der Waals surface area contributed by atoms with Crippen LogP contribution in [0.2, 0.25) is 0 Å². The molecule has 0 atom stereocenters. The summed E-state index contributed by atoms with van der Waals surface area (Å²) in [5.74, 6) is 1.75. The number of hydrogen-bond donors (Lipinski definition) is 0. The maximum atomic E-state index is 5.38. The van der Waals surface area contributed by atoms with E-state index in [-0.39, 0.29) is 0 Å². The summed E-state index contributed by atoms with van der Waals surface area (Å²) in [4.78, 5) is 21.0. The molecule has 6 heteroatoms. The third-order valence-electron chi connectivity index (χ3n) is 12.9. The fourth-order valence-electron chi connectivity index (χ4n) is 9.73. The van der Waals surface area contributed by atoms with Gasteiger partial charge < -0.3 is 4.57 Å². The lowest BCUT2D eigenvalue weighted by atomic mass is 9.91. The first-order valence-electron chi connectivity index (χ1n) is 22.8. The zero-order valence-corrected chi connectivity index (χ0v) is 37.5. The molecule has 0 spiro atoms. The van der Waals surface area contributed by atoms with Crippen LogP contribution in [0.25, 0.3) is 126 Å². The van der Waals surface area contributed by atoms with Crippen molar-refractivity contribution in [1.82, 2.24) is 24.5 Å². The molecule has 5 nitrogen and oxygen atoms in total. The van der Waals surface area contributed by atoms with Gasteiger partial charge in [-0.15, -0.1) is 11.3 Å². The summed E-state index contributed by atoms with van der Waals surface area (Å²) in [7, 11) is 0. The molecule has 13 rings (SSSR count). The molecule has 0 saturated carbocycles. The Morgan fingerprint density at radius 2 is 0.882 bits per heavy atom. The van der Waals surface area contributed by atoms with E-state index in [2.05, 4.69) is 174 Å². The van der Waals surface area contributed by atoms with Crippen molar-refractivity contribution in [3.8, 4) is 84.5 Å².